The van der Waals surface area contributed by atoms with Crippen molar-refractivity contribution in [2.45, 2.75) is 6.92 Å². The number of halogens is 1. The smallest absolute Gasteiger partial charge is 0.316 e. The molecule has 1 amide bonds. The SMILES string of the molecule is CC1CN(C(=O)CNc2nnc(-c3ccc(Cl)cc3)o2)C1.CO. The molecule has 124 valence electrons. The van der Waals surface area contributed by atoms with Crippen molar-refractivity contribution in [1.82, 2.24) is 15.1 Å². The van der Waals surface area contributed by atoms with Gasteiger partial charge in [-0.25, -0.2) is 0 Å². The van der Waals surface area contributed by atoms with Crippen LogP contribution in [-0.2, 0) is 4.79 Å². The lowest BCUT2D eigenvalue weighted by atomic mass is 10.0. The van der Waals surface area contributed by atoms with Crippen LogP contribution in [0.25, 0.3) is 11.5 Å². The third-order valence-corrected chi connectivity index (χ3v) is 3.58. The first-order valence-electron chi connectivity index (χ1n) is 7.17. The minimum Gasteiger partial charge on any atom is -0.403 e. The monoisotopic (exact) mass is 338 g/mol. The summed E-state index contributed by atoms with van der Waals surface area (Å²) in [6.45, 7) is 3.92. The minimum atomic E-state index is 0.0411. The average molecular weight is 339 g/mol. The number of nitrogens with zero attached hydrogens (tertiary/aromatic N) is 3. The molecule has 0 unspecified atom stereocenters. The molecule has 1 aromatic heterocycles. The zero-order valence-corrected chi connectivity index (χ0v) is 13.7. The number of anilines is 1. The van der Waals surface area contributed by atoms with Crippen LogP contribution < -0.4 is 5.32 Å². The van der Waals surface area contributed by atoms with Crippen molar-refractivity contribution >= 4 is 23.5 Å². The third kappa shape index (κ3) is 4.43. The number of benzene rings is 1. The molecule has 1 fully saturated rings. The van der Waals surface area contributed by atoms with Gasteiger partial charge in [-0.15, -0.1) is 5.10 Å². The zero-order valence-electron chi connectivity index (χ0n) is 13.0. The molecular weight excluding hydrogens is 320 g/mol. The standard InChI is InChI=1S/C14H15ClN4O2.CH4O/c1-9-7-19(8-9)12(20)6-16-14-18-17-13(21-14)10-2-4-11(15)5-3-10;1-2/h2-5,9H,6-8H2,1H3,(H,16,18);2H,1H3. The van der Waals surface area contributed by atoms with Crippen molar-refractivity contribution < 1.29 is 14.3 Å². The zero-order chi connectivity index (χ0) is 16.8. The number of aliphatic hydroxyl groups excluding tert-OH is 1. The maximum Gasteiger partial charge on any atom is 0.316 e. The van der Waals surface area contributed by atoms with Crippen molar-refractivity contribution in [1.29, 1.82) is 0 Å². The number of amides is 1. The first kappa shape index (κ1) is 17.2. The van der Waals surface area contributed by atoms with Crippen molar-refractivity contribution in [3.8, 4) is 11.5 Å². The Labute approximate surface area is 139 Å². The maximum absolute atomic E-state index is 11.8. The van der Waals surface area contributed by atoms with Crippen LogP contribution in [0.5, 0.6) is 0 Å². The summed E-state index contributed by atoms with van der Waals surface area (Å²) >= 11 is 5.83. The van der Waals surface area contributed by atoms with E-state index >= 15 is 0 Å². The second-order valence-electron chi connectivity index (χ2n) is 5.18. The van der Waals surface area contributed by atoms with Gasteiger partial charge in [-0.1, -0.05) is 23.6 Å². The summed E-state index contributed by atoms with van der Waals surface area (Å²) in [7, 11) is 1.00. The van der Waals surface area contributed by atoms with Gasteiger partial charge in [0.05, 0.1) is 6.54 Å². The highest BCUT2D eigenvalue weighted by Crippen LogP contribution is 2.21. The molecule has 1 aliphatic heterocycles. The fourth-order valence-corrected chi connectivity index (χ4v) is 2.30. The van der Waals surface area contributed by atoms with Gasteiger partial charge in [0.1, 0.15) is 0 Å². The lowest BCUT2D eigenvalue weighted by Gasteiger charge is -2.37. The minimum absolute atomic E-state index is 0.0411. The van der Waals surface area contributed by atoms with Crippen LogP contribution in [0.2, 0.25) is 5.02 Å². The normalized spacial score (nSPS) is 13.8. The largest absolute Gasteiger partial charge is 0.403 e. The summed E-state index contributed by atoms with van der Waals surface area (Å²) in [5.74, 6) is 1.02. The summed E-state index contributed by atoms with van der Waals surface area (Å²) in [5, 5.41) is 18.3. The van der Waals surface area contributed by atoms with E-state index in [1.807, 2.05) is 0 Å². The summed E-state index contributed by atoms with van der Waals surface area (Å²) in [4.78, 5) is 13.6. The second kappa shape index (κ2) is 7.94. The van der Waals surface area contributed by atoms with Crippen LogP contribution >= 0.6 is 11.6 Å². The number of nitrogens with one attached hydrogen (secondary N) is 1. The van der Waals surface area contributed by atoms with E-state index in [0.29, 0.717) is 16.8 Å². The molecule has 3 rings (SSSR count). The van der Waals surface area contributed by atoms with Crippen LogP contribution in [0.3, 0.4) is 0 Å². The van der Waals surface area contributed by atoms with Crippen LogP contribution in [0.15, 0.2) is 28.7 Å². The van der Waals surface area contributed by atoms with Crippen molar-refractivity contribution in [2.75, 3.05) is 32.1 Å². The molecule has 0 radical (unpaired) electrons. The van der Waals surface area contributed by atoms with E-state index in [-0.39, 0.29) is 18.5 Å². The topological polar surface area (TPSA) is 91.5 Å². The Kier molecular flexibility index (Phi) is 5.95. The molecule has 1 aliphatic rings. The Bertz CT molecular complexity index is 638. The molecule has 0 saturated carbocycles. The van der Waals surface area contributed by atoms with E-state index in [1.165, 1.54) is 0 Å². The Morgan fingerprint density at radius 1 is 1.35 bits per heavy atom. The molecule has 2 aromatic rings. The quantitative estimate of drug-likeness (QED) is 0.884. The molecule has 1 aromatic carbocycles. The molecule has 8 heteroatoms. The van der Waals surface area contributed by atoms with E-state index in [9.17, 15) is 4.79 Å². The third-order valence-electron chi connectivity index (χ3n) is 3.32. The molecule has 0 aliphatic carbocycles. The van der Waals surface area contributed by atoms with Gasteiger partial charge in [0.2, 0.25) is 11.8 Å². The molecule has 0 atom stereocenters. The maximum atomic E-state index is 11.8. The number of rotatable bonds is 4. The van der Waals surface area contributed by atoms with Gasteiger partial charge < -0.3 is 19.7 Å². The van der Waals surface area contributed by atoms with Crippen LogP contribution in [0.1, 0.15) is 6.92 Å². The van der Waals surface area contributed by atoms with Gasteiger partial charge in [-0.2, -0.15) is 0 Å². The highest BCUT2D eigenvalue weighted by atomic mass is 35.5. The summed E-state index contributed by atoms with van der Waals surface area (Å²) in [6.07, 6.45) is 0. The highest BCUT2D eigenvalue weighted by molar-refractivity contribution is 6.30. The van der Waals surface area contributed by atoms with Gasteiger partial charge in [-0.05, 0) is 30.2 Å². The van der Waals surface area contributed by atoms with Gasteiger partial charge in [0, 0.05) is 30.8 Å². The van der Waals surface area contributed by atoms with Gasteiger partial charge in [0.15, 0.2) is 0 Å². The number of carbonyl (C=O) groups is 1. The van der Waals surface area contributed by atoms with E-state index in [2.05, 4.69) is 22.4 Å². The van der Waals surface area contributed by atoms with Crippen LogP contribution in [-0.4, -0.2) is 52.9 Å². The summed E-state index contributed by atoms with van der Waals surface area (Å²) in [5.41, 5.74) is 0.780. The van der Waals surface area contributed by atoms with Gasteiger partial charge in [0.25, 0.3) is 0 Å². The van der Waals surface area contributed by atoms with E-state index < -0.39 is 0 Å². The molecule has 2 heterocycles. The number of likely N-dealkylation sites (tertiary alicyclic amines) is 1. The fraction of sp³-hybridized carbons (Fsp3) is 0.400. The Morgan fingerprint density at radius 2 is 2.00 bits per heavy atom. The van der Waals surface area contributed by atoms with Crippen molar-refractivity contribution in [3.05, 3.63) is 29.3 Å². The lowest BCUT2D eigenvalue weighted by Crippen LogP contribution is -2.50. The average Bonchev–Trinajstić information content (AvgIpc) is 3.01. The molecule has 0 bridgehead atoms. The van der Waals surface area contributed by atoms with Crippen molar-refractivity contribution in [3.63, 3.8) is 0 Å². The lowest BCUT2D eigenvalue weighted by molar-refractivity contribution is -0.135. The number of hydrogen-bond donors (Lipinski definition) is 2. The van der Waals surface area contributed by atoms with E-state index in [1.54, 1.807) is 29.2 Å². The molecule has 2 N–H and O–H groups in total. The fourth-order valence-electron chi connectivity index (χ4n) is 2.17. The van der Waals surface area contributed by atoms with Crippen LogP contribution in [0.4, 0.5) is 6.01 Å². The number of carbonyl (C=O) groups excluding carboxylic acids is 1. The first-order chi connectivity index (χ1) is 11.1. The molecule has 7 nitrogen and oxygen atoms in total. The summed E-state index contributed by atoms with van der Waals surface area (Å²) in [6, 6.07) is 7.34. The number of hydrogen-bond acceptors (Lipinski definition) is 6. The number of aliphatic hydroxyl groups is 1. The van der Waals surface area contributed by atoms with E-state index in [0.717, 1.165) is 25.8 Å². The van der Waals surface area contributed by atoms with E-state index in [4.69, 9.17) is 21.1 Å². The van der Waals surface area contributed by atoms with Gasteiger partial charge >= 0.3 is 6.01 Å². The molecule has 0 spiro atoms. The predicted octanol–water partition coefficient (Wildman–Crippen LogP) is 1.89. The Morgan fingerprint density at radius 3 is 2.61 bits per heavy atom. The Balaban J connectivity index is 0.000000924. The van der Waals surface area contributed by atoms with Crippen molar-refractivity contribution in [2.24, 2.45) is 5.92 Å². The van der Waals surface area contributed by atoms with Crippen LogP contribution in [0, 0.1) is 5.92 Å². The number of aromatic nitrogens is 2. The first-order valence-corrected chi connectivity index (χ1v) is 7.55. The predicted molar refractivity (Wildman–Crippen MR) is 87.1 cm³/mol. The molecule has 1 saturated heterocycles. The highest BCUT2D eigenvalue weighted by Gasteiger charge is 2.26. The molecule has 23 heavy (non-hydrogen) atoms. The van der Waals surface area contributed by atoms with Gasteiger partial charge in [-0.3, -0.25) is 4.79 Å². The summed E-state index contributed by atoms with van der Waals surface area (Å²) < 4.78 is 5.47. The molecular formula is C15H19ClN4O3. The second-order valence-corrected chi connectivity index (χ2v) is 5.61. The Hall–Kier alpha value is -2.12.